The Kier molecular flexibility index (Phi) is 4.46. The minimum Gasteiger partial charge on any atom is -0.452 e. The molecule has 0 saturated carbocycles. The van der Waals surface area contributed by atoms with Crippen LogP contribution >= 0.6 is 0 Å². The van der Waals surface area contributed by atoms with Gasteiger partial charge in [0.15, 0.2) is 11.9 Å². The SMILES string of the molecule is NC(=NC1=CCC(Oc2ncccn2)C(F)=C1)c1ncccc1N. The molecule has 0 bridgehead atoms. The van der Waals surface area contributed by atoms with Crippen molar-refractivity contribution in [2.75, 3.05) is 5.73 Å². The van der Waals surface area contributed by atoms with Crippen LogP contribution in [0.2, 0.25) is 0 Å². The number of allylic oxidation sites excluding steroid dienone is 1. The normalized spacial score (nSPS) is 17.9. The Hall–Kier alpha value is -3.29. The van der Waals surface area contributed by atoms with Crippen LogP contribution in [0, 0.1) is 0 Å². The lowest BCUT2D eigenvalue weighted by Gasteiger charge is -2.18. The van der Waals surface area contributed by atoms with Crippen molar-refractivity contribution in [3.8, 4) is 6.01 Å². The van der Waals surface area contributed by atoms with Crippen molar-refractivity contribution >= 4 is 11.5 Å². The molecule has 2 heterocycles. The van der Waals surface area contributed by atoms with Gasteiger partial charge >= 0.3 is 6.01 Å². The maximum Gasteiger partial charge on any atom is 0.316 e. The average molecular weight is 326 g/mol. The molecule has 1 atom stereocenters. The molecule has 0 saturated heterocycles. The fourth-order valence-electron chi connectivity index (χ4n) is 2.11. The summed E-state index contributed by atoms with van der Waals surface area (Å²) in [7, 11) is 0. The number of amidine groups is 1. The Morgan fingerprint density at radius 2 is 1.96 bits per heavy atom. The predicted molar refractivity (Wildman–Crippen MR) is 87.7 cm³/mol. The fraction of sp³-hybridized carbons (Fsp3) is 0.125. The van der Waals surface area contributed by atoms with Gasteiger partial charge in [-0.3, -0.25) is 4.98 Å². The zero-order valence-corrected chi connectivity index (χ0v) is 12.6. The van der Waals surface area contributed by atoms with Crippen molar-refractivity contribution in [1.29, 1.82) is 0 Å². The number of anilines is 1. The van der Waals surface area contributed by atoms with E-state index in [4.69, 9.17) is 16.2 Å². The molecule has 24 heavy (non-hydrogen) atoms. The molecule has 8 heteroatoms. The molecule has 7 nitrogen and oxygen atoms in total. The summed E-state index contributed by atoms with van der Waals surface area (Å²) in [5.41, 5.74) is 12.8. The molecule has 0 fully saturated rings. The van der Waals surface area contributed by atoms with Crippen LogP contribution in [0.25, 0.3) is 0 Å². The molecule has 122 valence electrons. The van der Waals surface area contributed by atoms with Gasteiger partial charge < -0.3 is 16.2 Å². The first kappa shape index (κ1) is 15.6. The van der Waals surface area contributed by atoms with Gasteiger partial charge in [0.1, 0.15) is 11.5 Å². The first-order valence-electron chi connectivity index (χ1n) is 7.19. The van der Waals surface area contributed by atoms with E-state index in [0.29, 0.717) is 17.1 Å². The van der Waals surface area contributed by atoms with Crippen molar-refractivity contribution in [2.24, 2.45) is 10.7 Å². The van der Waals surface area contributed by atoms with Crippen LogP contribution in [0.3, 0.4) is 0 Å². The minimum absolute atomic E-state index is 0.118. The maximum atomic E-state index is 14.2. The summed E-state index contributed by atoms with van der Waals surface area (Å²) < 4.78 is 19.6. The van der Waals surface area contributed by atoms with Crippen LogP contribution in [-0.4, -0.2) is 26.9 Å². The van der Waals surface area contributed by atoms with E-state index in [0.717, 1.165) is 0 Å². The van der Waals surface area contributed by atoms with Crippen LogP contribution in [0.4, 0.5) is 10.1 Å². The second kappa shape index (κ2) is 6.86. The zero-order chi connectivity index (χ0) is 16.9. The second-order valence-electron chi connectivity index (χ2n) is 4.97. The van der Waals surface area contributed by atoms with Crippen LogP contribution in [0.1, 0.15) is 12.1 Å². The number of aliphatic imine (C=N–C) groups is 1. The smallest absolute Gasteiger partial charge is 0.316 e. The van der Waals surface area contributed by atoms with Gasteiger partial charge in [-0.15, -0.1) is 0 Å². The highest BCUT2D eigenvalue weighted by Crippen LogP contribution is 2.23. The summed E-state index contributed by atoms with van der Waals surface area (Å²) in [6.45, 7) is 0. The molecule has 2 aromatic heterocycles. The summed E-state index contributed by atoms with van der Waals surface area (Å²) in [5.74, 6) is -0.361. The zero-order valence-electron chi connectivity index (χ0n) is 12.6. The Labute approximate surface area is 137 Å². The van der Waals surface area contributed by atoms with Gasteiger partial charge in [0, 0.05) is 25.0 Å². The van der Waals surface area contributed by atoms with Gasteiger partial charge in [-0.25, -0.2) is 19.4 Å². The number of hydrogen-bond acceptors (Lipinski definition) is 6. The molecule has 0 radical (unpaired) electrons. The largest absolute Gasteiger partial charge is 0.452 e. The van der Waals surface area contributed by atoms with Crippen molar-refractivity contribution in [3.05, 3.63) is 66.2 Å². The van der Waals surface area contributed by atoms with Crippen molar-refractivity contribution in [1.82, 2.24) is 15.0 Å². The molecule has 3 rings (SSSR count). The van der Waals surface area contributed by atoms with Crippen molar-refractivity contribution < 1.29 is 9.13 Å². The molecule has 0 spiro atoms. The fourth-order valence-corrected chi connectivity index (χ4v) is 2.11. The van der Waals surface area contributed by atoms with E-state index in [9.17, 15) is 4.39 Å². The summed E-state index contributed by atoms with van der Waals surface area (Å²) in [6, 6.07) is 5.13. The lowest BCUT2D eigenvalue weighted by atomic mass is 10.1. The monoisotopic (exact) mass is 326 g/mol. The Morgan fingerprint density at radius 3 is 2.67 bits per heavy atom. The first-order valence-corrected chi connectivity index (χ1v) is 7.19. The highest BCUT2D eigenvalue weighted by molar-refractivity contribution is 6.00. The molecule has 2 aromatic rings. The number of aromatic nitrogens is 3. The summed E-state index contributed by atoms with van der Waals surface area (Å²) in [6.07, 6.45) is 7.07. The molecule has 0 aromatic carbocycles. The topological polar surface area (TPSA) is 112 Å². The summed E-state index contributed by atoms with van der Waals surface area (Å²) in [4.78, 5) is 16.1. The molecular weight excluding hydrogens is 311 g/mol. The summed E-state index contributed by atoms with van der Waals surface area (Å²) >= 11 is 0. The lowest BCUT2D eigenvalue weighted by Crippen LogP contribution is -2.21. The van der Waals surface area contributed by atoms with E-state index in [1.54, 1.807) is 30.5 Å². The number of ether oxygens (including phenoxy) is 1. The van der Waals surface area contributed by atoms with E-state index in [1.165, 1.54) is 18.5 Å². The van der Waals surface area contributed by atoms with E-state index in [1.807, 2.05) is 0 Å². The quantitative estimate of drug-likeness (QED) is 0.654. The van der Waals surface area contributed by atoms with Gasteiger partial charge in [-0.2, -0.15) is 0 Å². The Bertz CT molecular complexity index is 818. The van der Waals surface area contributed by atoms with Gasteiger partial charge in [0.05, 0.1) is 11.4 Å². The second-order valence-corrected chi connectivity index (χ2v) is 4.97. The third kappa shape index (κ3) is 3.54. The minimum atomic E-state index is -0.785. The van der Waals surface area contributed by atoms with Crippen molar-refractivity contribution in [3.63, 3.8) is 0 Å². The van der Waals surface area contributed by atoms with Gasteiger partial charge in [-0.05, 0) is 24.3 Å². The van der Waals surface area contributed by atoms with Crippen LogP contribution in [0.15, 0.2) is 65.5 Å². The van der Waals surface area contributed by atoms with E-state index < -0.39 is 11.9 Å². The van der Waals surface area contributed by atoms with E-state index in [2.05, 4.69) is 19.9 Å². The number of nitrogens with zero attached hydrogens (tertiary/aromatic N) is 4. The molecule has 0 aliphatic heterocycles. The van der Waals surface area contributed by atoms with Crippen LogP contribution in [0.5, 0.6) is 6.01 Å². The van der Waals surface area contributed by atoms with Gasteiger partial charge in [0.2, 0.25) is 0 Å². The summed E-state index contributed by atoms with van der Waals surface area (Å²) in [5, 5.41) is 0. The average Bonchev–Trinajstić information content (AvgIpc) is 2.58. The number of nitrogens with two attached hydrogens (primary N) is 2. The third-order valence-electron chi connectivity index (χ3n) is 3.26. The molecule has 0 amide bonds. The lowest BCUT2D eigenvalue weighted by molar-refractivity contribution is 0.191. The molecular formula is C16H15FN6O. The number of rotatable bonds is 4. The molecule has 4 N–H and O–H groups in total. The Morgan fingerprint density at radius 1 is 1.21 bits per heavy atom. The van der Waals surface area contributed by atoms with Gasteiger partial charge in [-0.1, -0.05) is 6.08 Å². The first-order chi connectivity index (χ1) is 11.6. The highest BCUT2D eigenvalue weighted by Gasteiger charge is 2.21. The van der Waals surface area contributed by atoms with Crippen LogP contribution in [-0.2, 0) is 0 Å². The highest BCUT2D eigenvalue weighted by atomic mass is 19.1. The number of halogens is 1. The van der Waals surface area contributed by atoms with E-state index >= 15 is 0 Å². The number of hydrogen-bond donors (Lipinski definition) is 2. The molecule has 1 aliphatic carbocycles. The van der Waals surface area contributed by atoms with Gasteiger partial charge in [0.25, 0.3) is 0 Å². The van der Waals surface area contributed by atoms with E-state index in [-0.39, 0.29) is 18.3 Å². The maximum absolute atomic E-state index is 14.2. The number of nitrogen functional groups attached to an aromatic ring is 1. The number of pyridine rings is 1. The molecule has 1 aliphatic rings. The standard InChI is InChI=1S/C16H15FN6O/c17-11-9-10(23-15(19)14-12(18)3-1-6-20-14)4-5-13(11)24-16-21-7-2-8-22-16/h1-4,6-9,13H,5,18H2,(H2,19,23). The molecule has 1 unspecified atom stereocenters. The van der Waals surface area contributed by atoms with Crippen molar-refractivity contribution in [2.45, 2.75) is 12.5 Å². The Balaban J connectivity index is 1.74. The predicted octanol–water partition coefficient (Wildman–Crippen LogP) is 1.75. The third-order valence-corrected chi connectivity index (χ3v) is 3.26. The van der Waals surface area contributed by atoms with Crippen LogP contribution < -0.4 is 16.2 Å².